The molecule has 0 saturated carbocycles. The quantitative estimate of drug-likeness (QED) is 0.823. The normalized spacial score (nSPS) is 12.4. The molecule has 0 amide bonds. The van der Waals surface area contributed by atoms with Crippen LogP contribution in [0.1, 0.15) is 24.0 Å². The Bertz CT molecular complexity index is 476. The predicted molar refractivity (Wildman–Crippen MR) is 67.1 cm³/mol. The summed E-state index contributed by atoms with van der Waals surface area (Å²) in [5.74, 6) is 0.518. The van der Waals surface area contributed by atoms with E-state index in [0.717, 1.165) is 16.1 Å². The summed E-state index contributed by atoms with van der Waals surface area (Å²) in [5, 5.41) is 10.0. The van der Waals surface area contributed by atoms with Gasteiger partial charge in [0.2, 0.25) is 0 Å². The van der Waals surface area contributed by atoms with Gasteiger partial charge in [0.15, 0.2) is 0 Å². The molecule has 0 heterocycles. The number of phenols is 1. The van der Waals surface area contributed by atoms with Gasteiger partial charge in [-0.3, -0.25) is 0 Å². The van der Waals surface area contributed by atoms with E-state index in [-0.39, 0.29) is 11.7 Å². The summed E-state index contributed by atoms with van der Waals surface area (Å²) in [5.41, 5.74) is 2.25. The molecule has 2 aromatic rings. The van der Waals surface area contributed by atoms with Crippen LogP contribution in [-0.4, -0.2) is 5.11 Å². The maximum absolute atomic E-state index is 9.24. The highest BCUT2D eigenvalue weighted by Crippen LogP contribution is 2.30. The number of benzene rings is 2. The first-order chi connectivity index (χ1) is 7.68. The molecular formula is C14H13ClO. The minimum atomic E-state index is 0.231. The summed E-state index contributed by atoms with van der Waals surface area (Å²) < 4.78 is 0. The van der Waals surface area contributed by atoms with Gasteiger partial charge in [0.1, 0.15) is 5.75 Å². The molecule has 0 bridgehead atoms. The fourth-order valence-electron chi connectivity index (χ4n) is 1.77. The zero-order valence-electron chi connectivity index (χ0n) is 9.02. The molecule has 0 aromatic heterocycles. The van der Waals surface area contributed by atoms with Crippen LogP contribution in [0, 0.1) is 0 Å². The van der Waals surface area contributed by atoms with Crippen molar-refractivity contribution in [2.75, 3.05) is 0 Å². The second-order valence-electron chi connectivity index (χ2n) is 3.83. The van der Waals surface area contributed by atoms with E-state index in [0.29, 0.717) is 0 Å². The minimum Gasteiger partial charge on any atom is -0.508 e. The average molecular weight is 233 g/mol. The fraction of sp³-hybridized carbons (Fsp3) is 0.143. The molecule has 0 fully saturated rings. The molecule has 2 aromatic carbocycles. The standard InChI is InChI=1S/C14H13ClO/c1-10(11-6-8-12(16)9-7-11)13-4-2-3-5-14(13)15/h2-10,16H,1H3. The second kappa shape index (κ2) is 4.58. The third kappa shape index (κ3) is 2.20. The minimum absolute atomic E-state index is 0.231. The topological polar surface area (TPSA) is 20.2 Å². The van der Waals surface area contributed by atoms with Crippen molar-refractivity contribution < 1.29 is 5.11 Å². The van der Waals surface area contributed by atoms with Gasteiger partial charge in [-0.05, 0) is 29.3 Å². The first kappa shape index (κ1) is 11.0. The molecule has 1 unspecified atom stereocenters. The lowest BCUT2D eigenvalue weighted by atomic mass is 9.93. The van der Waals surface area contributed by atoms with Crippen LogP contribution in [0.2, 0.25) is 5.02 Å². The Hall–Kier alpha value is -1.47. The lowest BCUT2D eigenvalue weighted by Gasteiger charge is -2.13. The maximum atomic E-state index is 9.24. The Morgan fingerprint density at radius 1 is 1.00 bits per heavy atom. The summed E-state index contributed by atoms with van der Waals surface area (Å²) in [6, 6.07) is 15.1. The first-order valence-corrected chi connectivity index (χ1v) is 5.59. The van der Waals surface area contributed by atoms with Gasteiger partial charge in [0.05, 0.1) is 0 Å². The maximum Gasteiger partial charge on any atom is 0.115 e. The van der Waals surface area contributed by atoms with Crippen LogP contribution in [0.15, 0.2) is 48.5 Å². The Balaban J connectivity index is 2.35. The lowest BCUT2D eigenvalue weighted by Crippen LogP contribution is -1.96. The molecule has 0 radical (unpaired) electrons. The summed E-state index contributed by atoms with van der Waals surface area (Å²) in [7, 11) is 0. The molecule has 1 N–H and O–H groups in total. The van der Waals surface area contributed by atoms with E-state index in [1.807, 2.05) is 36.4 Å². The predicted octanol–water partition coefficient (Wildman–Crippen LogP) is 4.20. The number of rotatable bonds is 2. The molecule has 16 heavy (non-hydrogen) atoms. The van der Waals surface area contributed by atoms with E-state index in [1.54, 1.807) is 12.1 Å². The van der Waals surface area contributed by atoms with Crippen LogP contribution in [0.4, 0.5) is 0 Å². The molecule has 0 saturated heterocycles. The van der Waals surface area contributed by atoms with Gasteiger partial charge in [-0.1, -0.05) is 48.9 Å². The smallest absolute Gasteiger partial charge is 0.115 e. The van der Waals surface area contributed by atoms with Crippen molar-refractivity contribution in [2.24, 2.45) is 0 Å². The van der Waals surface area contributed by atoms with Crippen molar-refractivity contribution in [2.45, 2.75) is 12.8 Å². The van der Waals surface area contributed by atoms with Gasteiger partial charge in [0, 0.05) is 10.9 Å². The van der Waals surface area contributed by atoms with Crippen LogP contribution < -0.4 is 0 Å². The van der Waals surface area contributed by atoms with E-state index < -0.39 is 0 Å². The summed E-state index contributed by atoms with van der Waals surface area (Å²) in [6.45, 7) is 2.10. The number of hydrogen-bond acceptors (Lipinski definition) is 1. The van der Waals surface area contributed by atoms with Crippen molar-refractivity contribution >= 4 is 11.6 Å². The summed E-state index contributed by atoms with van der Waals surface area (Å²) in [4.78, 5) is 0. The van der Waals surface area contributed by atoms with Gasteiger partial charge >= 0.3 is 0 Å². The SMILES string of the molecule is CC(c1ccc(O)cc1)c1ccccc1Cl. The summed E-state index contributed by atoms with van der Waals surface area (Å²) >= 11 is 6.15. The van der Waals surface area contributed by atoms with Gasteiger partial charge in [0.25, 0.3) is 0 Å². The van der Waals surface area contributed by atoms with Gasteiger partial charge in [-0.15, -0.1) is 0 Å². The van der Waals surface area contributed by atoms with Gasteiger partial charge < -0.3 is 5.11 Å². The molecule has 2 heteroatoms. The molecular weight excluding hydrogens is 220 g/mol. The van der Waals surface area contributed by atoms with Crippen LogP contribution in [0.5, 0.6) is 5.75 Å². The number of phenolic OH excluding ortho intramolecular Hbond substituents is 1. The Morgan fingerprint density at radius 3 is 2.25 bits per heavy atom. The van der Waals surface area contributed by atoms with Crippen molar-refractivity contribution in [1.29, 1.82) is 0 Å². The van der Waals surface area contributed by atoms with Crippen LogP contribution in [0.25, 0.3) is 0 Å². The molecule has 0 aliphatic heterocycles. The van der Waals surface area contributed by atoms with Crippen LogP contribution in [-0.2, 0) is 0 Å². The highest BCUT2D eigenvalue weighted by atomic mass is 35.5. The van der Waals surface area contributed by atoms with E-state index in [1.165, 1.54) is 0 Å². The molecule has 1 nitrogen and oxygen atoms in total. The number of aromatic hydroxyl groups is 1. The number of hydrogen-bond donors (Lipinski definition) is 1. The number of halogens is 1. The summed E-state index contributed by atoms with van der Waals surface area (Å²) in [6.07, 6.45) is 0. The van der Waals surface area contributed by atoms with Crippen molar-refractivity contribution in [1.82, 2.24) is 0 Å². The highest BCUT2D eigenvalue weighted by molar-refractivity contribution is 6.31. The van der Waals surface area contributed by atoms with Crippen molar-refractivity contribution in [3.8, 4) is 5.75 Å². The molecule has 82 valence electrons. The average Bonchev–Trinajstić information content (AvgIpc) is 2.30. The van der Waals surface area contributed by atoms with Crippen molar-refractivity contribution in [3.05, 3.63) is 64.7 Å². The van der Waals surface area contributed by atoms with E-state index in [4.69, 9.17) is 11.6 Å². The molecule has 0 spiro atoms. The third-order valence-corrected chi connectivity index (χ3v) is 3.11. The molecule has 0 aliphatic rings. The fourth-order valence-corrected chi connectivity index (χ4v) is 2.07. The van der Waals surface area contributed by atoms with E-state index in [9.17, 15) is 5.11 Å². The Morgan fingerprint density at radius 2 is 1.62 bits per heavy atom. The van der Waals surface area contributed by atoms with Gasteiger partial charge in [-0.2, -0.15) is 0 Å². The largest absolute Gasteiger partial charge is 0.508 e. The Labute approximate surface area is 100 Å². The van der Waals surface area contributed by atoms with E-state index >= 15 is 0 Å². The zero-order valence-corrected chi connectivity index (χ0v) is 9.78. The van der Waals surface area contributed by atoms with Crippen LogP contribution in [0.3, 0.4) is 0 Å². The monoisotopic (exact) mass is 232 g/mol. The van der Waals surface area contributed by atoms with Gasteiger partial charge in [-0.25, -0.2) is 0 Å². The molecule has 1 atom stereocenters. The third-order valence-electron chi connectivity index (χ3n) is 2.76. The molecule has 0 aliphatic carbocycles. The highest BCUT2D eigenvalue weighted by Gasteiger charge is 2.10. The van der Waals surface area contributed by atoms with Crippen LogP contribution >= 0.6 is 11.6 Å². The van der Waals surface area contributed by atoms with E-state index in [2.05, 4.69) is 6.92 Å². The first-order valence-electron chi connectivity index (χ1n) is 5.22. The zero-order chi connectivity index (χ0) is 11.5. The Kier molecular flexibility index (Phi) is 3.16. The molecule has 2 rings (SSSR count). The lowest BCUT2D eigenvalue weighted by molar-refractivity contribution is 0.475. The second-order valence-corrected chi connectivity index (χ2v) is 4.24. The van der Waals surface area contributed by atoms with Crippen molar-refractivity contribution in [3.63, 3.8) is 0 Å².